The SMILES string of the molecule is COC(=O)c1ccc(C(=O)N2CCc3ccccc3[C@H]2c2ccc(C)cc2)cc1. The lowest BCUT2D eigenvalue weighted by Gasteiger charge is -2.38. The van der Waals surface area contributed by atoms with Gasteiger partial charge in [-0.25, -0.2) is 4.79 Å². The molecule has 4 nitrogen and oxygen atoms in total. The second kappa shape index (κ2) is 7.92. The molecule has 0 fully saturated rings. The molecule has 0 saturated heterocycles. The highest BCUT2D eigenvalue weighted by atomic mass is 16.5. The average molecular weight is 385 g/mol. The summed E-state index contributed by atoms with van der Waals surface area (Å²) in [4.78, 5) is 27.0. The molecular weight excluding hydrogens is 362 g/mol. The summed E-state index contributed by atoms with van der Waals surface area (Å²) < 4.78 is 4.74. The van der Waals surface area contributed by atoms with E-state index >= 15 is 0 Å². The summed E-state index contributed by atoms with van der Waals surface area (Å²) >= 11 is 0. The molecule has 146 valence electrons. The molecule has 0 bridgehead atoms. The van der Waals surface area contributed by atoms with Crippen molar-refractivity contribution in [2.75, 3.05) is 13.7 Å². The van der Waals surface area contributed by atoms with Gasteiger partial charge in [0, 0.05) is 12.1 Å². The number of carbonyl (C=O) groups is 2. The smallest absolute Gasteiger partial charge is 0.337 e. The van der Waals surface area contributed by atoms with Crippen molar-refractivity contribution >= 4 is 11.9 Å². The van der Waals surface area contributed by atoms with Crippen LogP contribution in [0.5, 0.6) is 0 Å². The third kappa shape index (κ3) is 3.66. The van der Waals surface area contributed by atoms with E-state index < -0.39 is 5.97 Å². The van der Waals surface area contributed by atoms with Crippen LogP contribution >= 0.6 is 0 Å². The molecule has 4 heteroatoms. The molecule has 0 radical (unpaired) electrons. The van der Waals surface area contributed by atoms with Crippen molar-refractivity contribution in [1.82, 2.24) is 4.90 Å². The van der Waals surface area contributed by atoms with Crippen LogP contribution in [-0.4, -0.2) is 30.4 Å². The molecule has 4 rings (SSSR count). The highest BCUT2D eigenvalue weighted by Gasteiger charge is 2.32. The number of nitrogens with zero attached hydrogens (tertiary/aromatic N) is 1. The molecule has 0 aliphatic carbocycles. The Hall–Kier alpha value is -3.40. The van der Waals surface area contributed by atoms with Crippen molar-refractivity contribution in [2.45, 2.75) is 19.4 Å². The first-order chi connectivity index (χ1) is 14.1. The average Bonchev–Trinajstić information content (AvgIpc) is 2.78. The summed E-state index contributed by atoms with van der Waals surface area (Å²) in [6, 6.07) is 23.2. The van der Waals surface area contributed by atoms with Crippen molar-refractivity contribution in [2.24, 2.45) is 0 Å². The van der Waals surface area contributed by atoms with Crippen LogP contribution in [0.1, 0.15) is 49.0 Å². The molecule has 0 N–H and O–H groups in total. The second-order valence-corrected chi connectivity index (χ2v) is 7.33. The number of fused-ring (bicyclic) bond motifs is 1. The molecule has 0 aromatic heterocycles. The van der Waals surface area contributed by atoms with Crippen molar-refractivity contribution in [3.63, 3.8) is 0 Å². The van der Waals surface area contributed by atoms with Gasteiger partial charge in [-0.3, -0.25) is 4.79 Å². The van der Waals surface area contributed by atoms with E-state index in [1.807, 2.05) is 17.0 Å². The lowest BCUT2D eigenvalue weighted by atomic mass is 9.87. The normalized spacial score (nSPS) is 15.5. The zero-order chi connectivity index (χ0) is 20.4. The molecule has 3 aromatic rings. The Labute approximate surface area is 170 Å². The van der Waals surface area contributed by atoms with Crippen LogP contribution in [0.2, 0.25) is 0 Å². The molecule has 0 spiro atoms. The quantitative estimate of drug-likeness (QED) is 0.621. The van der Waals surface area contributed by atoms with Gasteiger partial charge < -0.3 is 9.64 Å². The Morgan fingerprint density at radius 2 is 1.55 bits per heavy atom. The van der Waals surface area contributed by atoms with E-state index in [0.717, 1.165) is 12.0 Å². The number of hydrogen-bond donors (Lipinski definition) is 0. The number of amides is 1. The van der Waals surface area contributed by atoms with Crippen LogP contribution in [0, 0.1) is 6.92 Å². The van der Waals surface area contributed by atoms with Gasteiger partial charge in [-0.15, -0.1) is 0 Å². The minimum atomic E-state index is -0.409. The number of methoxy groups -OCH3 is 1. The molecule has 3 aromatic carbocycles. The summed E-state index contributed by atoms with van der Waals surface area (Å²) in [5.41, 5.74) is 5.74. The maximum Gasteiger partial charge on any atom is 0.337 e. The second-order valence-electron chi connectivity index (χ2n) is 7.33. The van der Waals surface area contributed by atoms with E-state index in [0.29, 0.717) is 17.7 Å². The minimum absolute atomic E-state index is 0.0403. The first-order valence-corrected chi connectivity index (χ1v) is 9.72. The first kappa shape index (κ1) is 18.9. The Morgan fingerprint density at radius 1 is 0.897 bits per heavy atom. The van der Waals surface area contributed by atoms with Gasteiger partial charge >= 0.3 is 5.97 Å². The van der Waals surface area contributed by atoms with Gasteiger partial charge in [0.2, 0.25) is 0 Å². The van der Waals surface area contributed by atoms with E-state index in [1.165, 1.54) is 23.8 Å². The summed E-state index contributed by atoms with van der Waals surface area (Å²) in [6.07, 6.45) is 0.824. The zero-order valence-corrected chi connectivity index (χ0v) is 16.6. The molecule has 1 amide bonds. The standard InChI is InChI=1S/C25H23NO3/c1-17-7-9-19(10-8-17)23-22-6-4-3-5-18(22)15-16-26(23)24(27)20-11-13-21(14-12-20)25(28)29-2/h3-14,23H,15-16H2,1-2H3/t23-/m1/s1. The molecule has 1 aliphatic heterocycles. The van der Waals surface area contributed by atoms with E-state index in [4.69, 9.17) is 4.74 Å². The summed E-state index contributed by atoms with van der Waals surface area (Å²) in [5, 5.41) is 0. The molecule has 1 atom stereocenters. The van der Waals surface area contributed by atoms with E-state index in [9.17, 15) is 9.59 Å². The predicted octanol–water partition coefficient (Wildman–Crippen LogP) is 4.57. The maximum absolute atomic E-state index is 13.4. The van der Waals surface area contributed by atoms with Crippen LogP contribution in [-0.2, 0) is 11.2 Å². The third-order valence-electron chi connectivity index (χ3n) is 5.49. The van der Waals surface area contributed by atoms with E-state index in [2.05, 4.69) is 43.3 Å². The topological polar surface area (TPSA) is 46.6 Å². The summed E-state index contributed by atoms with van der Waals surface area (Å²) in [7, 11) is 1.35. The van der Waals surface area contributed by atoms with Gasteiger partial charge in [0.25, 0.3) is 5.91 Å². The lowest BCUT2D eigenvalue weighted by Crippen LogP contribution is -2.40. The Kier molecular flexibility index (Phi) is 5.17. The number of benzene rings is 3. The fraction of sp³-hybridized carbons (Fsp3) is 0.200. The Bertz CT molecular complexity index is 1040. The number of carbonyl (C=O) groups excluding carboxylic acids is 2. The molecular formula is C25H23NO3. The summed E-state index contributed by atoms with van der Waals surface area (Å²) in [6.45, 7) is 2.71. The first-order valence-electron chi connectivity index (χ1n) is 9.72. The zero-order valence-electron chi connectivity index (χ0n) is 16.6. The molecule has 0 saturated carbocycles. The van der Waals surface area contributed by atoms with Crippen molar-refractivity contribution in [1.29, 1.82) is 0 Å². The van der Waals surface area contributed by atoms with Crippen LogP contribution in [0.3, 0.4) is 0 Å². The molecule has 1 aliphatic rings. The van der Waals surface area contributed by atoms with Gasteiger partial charge in [-0.1, -0.05) is 54.1 Å². The van der Waals surface area contributed by atoms with Crippen molar-refractivity contribution < 1.29 is 14.3 Å². The Balaban J connectivity index is 1.72. The number of rotatable bonds is 3. The summed E-state index contributed by atoms with van der Waals surface area (Å²) in [5.74, 6) is -0.449. The van der Waals surface area contributed by atoms with Gasteiger partial charge in [-0.2, -0.15) is 0 Å². The minimum Gasteiger partial charge on any atom is -0.465 e. The predicted molar refractivity (Wildman–Crippen MR) is 112 cm³/mol. The number of hydrogen-bond acceptors (Lipinski definition) is 3. The monoisotopic (exact) mass is 385 g/mol. The fourth-order valence-electron chi connectivity index (χ4n) is 3.93. The van der Waals surface area contributed by atoms with Crippen molar-refractivity contribution in [3.05, 3.63) is 106 Å². The molecule has 1 heterocycles. The Morgan fingerprint density at radius 3 is 2.24 bits per heavy atom. The van der Waals surface area contributed by atoms with Crippen molar-refractivity contribution in [3.8, 4) is 0 Å². The van der Waals surface area contributed by atoms with E-state index in [-0.39, 0.29) is 11.9 Å². The largest absolute Gasteiger partial charge is 0.465 e. The highest BCUT2D eigenvalue weighted by molar-refractivity contribution is 5.96. The van der Waals surface area contributed by atoms with Gasteiger partial charge in [0.05, 0.1) is 18.7 Å². The highest BCUT2D eigenvalue weighted by Crippen LogP contribution is 2.36. The fourth-order valence-corrected chi connectivity index (χ4v) is 3.93. The van der Waals surface area contributed by atoms with Gasteiger partial charge in [-0.05, 0) is 54.3 Å². The lowest BCUT2D eigenvalue weighted by molar-refractivity contribution is 0.0599. The number of esters is 1. The maximum atomic E-state index is 13.4. The number of ether oxygens (including phenoxy) is 1. The van der Waals surface area contributed by atoms with Crippen LogP contribution in [0.15, 0.2) is 72.8 Å². The van der Waals surface area contributed by atoms with Gasteiger partial charge in [0.1, 0.15) is 0 Å². The van der Waals surface area contributed by atoms with Crippen LogP contribution in [0.25, 0.3) is 0 Å². The number of aryl methyl sites for hydroxylation is 1. The van der Waals surface area contributed by atoms with E-state index in [1.54, 1.807) is 24.3 Å². The van der Waals surface area contributed by atoms with Crippen LogP contribution < -0.4 is 0 Å². The van der Waals surface area contributed by atoms with Gasteiger partial charge in [0.15, 0.2) is 0 Å². The van der Waals surface area contributed by atoms with Crippen LogP contribution in [0.4, 0.5) is 0 Å². The molecule has 29 heavy (non-hydrogen) atoms. The third-order valence-corrected chi connectivity index (χ3v) is 5.49. The molecule has 0 unspecified atom stereocenters.